The van der Waals surface area contributed by atoms with E-state index in [2.05, 4.69) is 0 Å². The van der Waals surface area contributed by atoms with Gasteiger partial charge in [0.15, 0.2) is 0 Å². The van der Waals surface area contributed by atoms with E-state index in [0.29, 0.717) is 12.1 Å². The van der Waals surface area contributed by atoms with Crippen molar-refractivity contribution < 1.29 is 44.9 Å². The van der Waals surface area contributed by atoms with Crippen LogP contribution in [0.4, 0.5) is 26.3 Å². The van der Waals surface area contributed by atoms with Crippen LogP contribution in [0.5, 0.6) is 0 Å². The smallest absolute Gasteiger partial charge is 0.166 e. The van der Waals surface area contributed by atoms with E-state index in [4.69, 9.17) is 0 Å². The van der Waals surface area contributed by atoms with Gasteiger partial charge >= 0.3 is 12.4 Å². The summed E-state index contributed by atoms with van der Waals surface area (Å²) in [6.45, 7) is 1.18. The second kappa shape index (κ2) is 4.71. The average molecular weight is 279 g/mol. The van der Waals surface area contributed by atoms with E-state index in [9.17, 15) is 26.3 Å². The van der Waals surface area contributed by atoms with Crippen LogP contribution in [0.2, 0.25) is 0 Å². The Hall–Kier alpha value is -0.616. The molecule has 7 heteroatoms. The third kappa shape index (κ3) is 3.75. The first-order valence-corrected chi connectivity index (χ1v) is 3.87. The number of hydrogen-bond acceptors (Lipinski definition) is 0. The number of hydrogen-bond donors (Lipinski definition) is 0. The predicted molar refractivity (Wildman–Crippen MR) is 41.2 cm³/mol. The minimum Gasteiger partial charge on any atom is -0.166 e. The van der Waals surface area contributed by atoms with Crippen molar-refractivity contribution in [2.24, 2.45) is 0 Å². The molecule has 0 unspecified atom stereocenters. The van der Waals surface area contributed by atoms with Crippen molar-refractivity contribution in [3.05, 3.63) is 34.9 Å². The first kappa shape index (κ1) is 15.4. The second-order valence-electron chi connectivity index (χ2n) is 3.08. The summed E-state index contributed by atoms with van der Waals surface area (Å²) in [5, 5.41) is 0. The van der Waals surface area contributed by atoms with Crippen LogP contribution in [-0.2, 0) is 30.9 Å². The van der Waals surface area contributed by atoms with Crippen LogP contribution in [0.15, 0.2) is 18.2 Å². The Morgan fingerprint density at radius 1 is 0.750 bits per heavy atom. The Bertz CT molecular complexity index is 333. The topological polar surface area (TPSA) is 0 Å². The number of rotatable bonds is 0. The summed E-state index contributed by atoms with van der Waals surface area (Å²) in [6.07, 6.45) is -9.52. The van der Waals surface area contributed by atoms with E-state index in [-0.39, 0.29) is 30.2 Å². The molecule has 0 atom stereocenters. The largest absolute Gasteiger partial charge is 0.416 e. The molecule has 89 valence electrons. The molecule has 16 heavy (non-hydrogen) atoms. The van der Waals surface area contributed by atoms with Crippen molar-refractivity contribution in [1.29, 1.82) is 0 Å². The Morgan fingerprint density at radius 2 is 1.06 bits per heavy atom. The van der Waals surface area contributed by atoms with Crippen LogP contribution in [0.25, 0.3) is 0 Å². The maximum atomic E-state index is 12.2. The second-order valence-corrected chi connectivity index (χ2v) is 3.08. The first-order valence-electron chi connectivity index (χ1n) is 3.87. The number of aryl methyl sites for hydroxylation is 1. The van der Waals surface area contributed by atoms with Crippen molar-refractivity contribution in [2.45, 2.75) is 19.3 Å². The summed E-state index contributed by atoms with van der Waals surface area (Å²) in [5.41, 5.74) is -2.64. The van der Waals surface area contributed by atoms with Gasteiger partial charge in [0.2, 0.25) is 0 Å². The SMILES string of the molecule is Cc1cc(C(F)(F)F)cc(C(F)(F)F)c1.[V]. The minimum atomic E-state index is -4.76. The van der Waals surface area contributed by atoms with Crippen molar-refractivity contribution in [3.63, 3.8) is 0 Å². The molecule has 0 N–H and O–H groups in total. The van der Waals surface area contributed by atoms with E-state index in [1.54, 1.807) is 0 Å². The van der Waals surface area contributed by atoms with Crippen molar-refractivity contribution in [2.75, 3.05) is 0 Å². The quantitative estimate of drug-likeness (QED) is 0.629. The molecule has 0 aliphatic rings. The molecular formula is C9H6F6V. The average Bonchev–Trinajstić information content (AvgIpc) is 1.99. The summed E-state index contributed by atoms with van der Waals surface area (Å²) in [5.74, 6) is 0. The molecule has 1 radical (unpaired) electrons. The van der Waals surface area contributed by atoms with Gasteiger partial charge in [0, 0.05) is 18.6 Å². The zero-order valence-corrected chi connectivity index (χ0v) is 9.34. The zero-order valence-electron chi connectivity index (χ0n) is 7.95. The van der Waals surface area contributed by atoms with Gasteiger partial charge in [-0.05, 0) is 30.7 Å². The molecule has 0 spiro atoms. The first-order chi connectivity index (χ1) is 6.60. The van der Waals surface area contributed by atoms with E-state index >= 15 is 0 Å². The van der Waals surface area contributed by atoms with Gasteiger partial charge in [-0.2, -0.15) is 26.3 Å². The molecule has 0 fully saturated rings. The Morgan fingerprint density at radius 3 is 1.31 bits per heavy atom. The summed E-state index contributed by atoms with van der Waals surface area (Å²) in [4.78, 5) is 0. The van der Waals surface area contributed by atoms with Gasteiger partial charge in [-0.15, -0.1) is 0 Å². The summed E-state index contributed by atoms with van der Waals surface area (Å²) in [7, 11) is 0. The molecule has 0 amide bonds. The van der Waals surface area contributed by atoms with Gasteiger partial charge in [-0.25, -0.2) is 0 Å². The minimum absolute atomic E-state index is 0. The predicted octanol–water partition coefficient (Wildman–Crippen LogP) is 4.03. The monoisotopic (exact) mass is 279 g/mol. The van der Waals surface area contributed by atoms with Gasteiger partial charge in [0.1, 0.15) is 0 Å². The van der Waals surface area contributed by atoms with Crippen molar-refractivity contribution in [1.82, 2.24) is 0 Å². The number of alkyl halides is 6. The Labute approximate surface area is 99.5 Å². The number of halogens is 6. The molecular weight excluding hydrogens is 273 g/mol. The van der Waals surface area contributed by atoms with Gasteiger partial charge in [-0.1, -0.05) is 0 Å². The van der Waals surface area contributed by atoms with Crippen LogP contribution in [0, 0.1) is 6.92 Å². The maximum absolute atomic E-state index is 12.2. The van der Waals surface area contributed by atoms with E-state index in [0.717, 1.165) is 0 Å². The normalized spacial score (nSPS) is 12.2. The molecule has 0 nitrogen and oxygen atoms in total. The molecule has 1 aromatic rings. The third-order valence-electron chi connectivity index (χ3n) is 1.73. The molecule has 0 aliphatic carbocycles. The molecule has 0 aromatic heterocycles. The standard InChI is InChI=1S/C9H6F6.V/c1-5-2-6(8(10,11)12)4-7(3-5)9(13,14)15;/h2-4H,1H3;. The molecule has 0 bridgehead atoms. The van der Waals surface area contributed by atoms with Crippen molar-refractivity contribution in [3.8, 4) is 0 Å². The summed E-state index contributed by atoms with van der Waals surface area (Å²) in [6, 6.07) is 1.46. The summed E-state index contributed by atoms with van der Waals surface area (Å²) < 4.78 is 73.0. The van der Waals surface area contributed by atoms with Crippen molar-refractivity contribution >= 4 is 0 Å². The van der Waals surface area contributed by atoms with Crippen LogP contribution in [-0.4, -0.2) is 0 Å². The van der Waals surface area contributed by atoms with E-state index < -0.39 is 23.5 Å². The summed E-state index contributed by atoms with van der Waals surface area (Å²) >= 11 is 0. The van der Waals surface area contributed by atoms with E-state index in [1.165, 1.54) is 6.92 Å². The molecule has 0 heterocycles. The fourth-order valence-electron chi connectivity index (χ4n) is 1.11. The van der Waals surface area contributed by atoms with Crippen LogP contribution in [0.1, 0.15) is 16.7 Å². The van der Waals surface area contributed by atoms with Crippen LogP contribution < -0.4 is 0 Å². The van der Waals surface area contributed by atoms with Gasteiger partial charge in [0.05, 0.1) is 11.1 Å². The Kier molecular flexibility index (Phi) is 4.53. The third-order valence-corrected chi connectivity index (χ3v) is 1.73. The zero-order chi connectivity index (χ0) is 11.9. The van der Waals surface area contributed by atoms with Crippen LogP contribution >= 0.6 is 0 Å². The molecule has 1 rings (SSSR count). The molecule has 0 saturated carbocycles. The van der Waals surface area contributed by atoms with Gasteiger partial charge < -0.3 is 0 Å². The van der Waals surface area contributed by atoms with Gasteiger partial charge in [-0.3, -0.25) is 0 Å². The Balaban J connectivity index is 0.00000225. The fraction of sp³-hybridized carbons (Fsp3) is 0.333. The molecule has 0 saturated heterocycles. The maximum Gasteiger partial charge on any atom is 0.416 e. The van der Waals surface area contributed by atoms with Gasteiger partial charge in [0.25, 0.3) is 0 Å². The van der Waals surface area contributed by atoms with Crippen LogP contribution in [0.3, 0.4) is 0 Å². The molecule has 0 aliphatic heterocycles. The van der Waals surface area contributed by atoms with E-state index in [1.807, 2.05) is 0 Å². The molecule has 1 aromatic carbocycles. The fourth-order valence-corrected chi connectivity index (χ4v) is 1.11. The number of benzene rings is 1.